The smallest absolute Gasteiger partial charge is 0.265 e. The standard InChI is InChI=1S/C19H20N2O5/c1-12(26-15-6-3-13(4-7-15)19(23)20-2)18(22)21-14-5-8-16-17(11-14)25-10-9-24-16/h3-8,11-12H,9-10H2,1-2H3,(H,20,23)(H,21,22)/t12-/m1/s1. The molecule has 0 aliphatic carbocycles. The molecular weight excluding hydrogens is 336 g/mol. The third kappa shape index (κ3) is 4.05. The lowest BCUT2D eigenvalue weighted by Gasteiger charge is -2.19. The molecule has 0 saturated heterocycles. The van der Waals surface area contributed by atoms with Gasteiger partial charge in [0.1, 0.15) is 19.0 Å². The predicted molar refractivity (Wildman–Crippen MR) is 96.0 cm³/mol. The van der Waals surface area contributed by atoms with Crippen LogP contribution in [-0.4, -0.2) is 38.2 Å². The van der Waals surface area contributed by atoms with Crippen molar-refractivity contribution < 1.29 is 23.8 Å². The van der Waals surface area contributed by atoms with Crippen molar-refractivity contribution in [3.63, 3.8) is 0 Å². The zero-order valence-electron chi connectivity index (χ0n) is 14.6. The summed E-state index contributed by atoms with van der Waals surface area (Å²) in [6, 6.07) is 11.8. The van der Waals surface area contributed by atoms with Gasteiger partial charge in [-0.3, -0.25) is 9.59 Å². The second-order valence-corrected chi connectivity index (χ2v) is 5.71. The van der Waals surface area contributed by atoms with E-state index in [1.165, 1.54) is 0 Å². The van der Waals surface area contributed by atoms with Crippen molar-refractivity contribution in [2.75, 3.05) is 25.6 Å². The maximum Gasteiger partial charge on any atom is 0.265 e. The molecule has 1 aliphatic heterocycles. The van der Waals surface area contributed by atoms with Crippen LogP contribution in [0.1, 0.15) is 17.3 Å². The van der Waals surface area contributed by atoms with Crippen molar-refractivity contribution in [2.45, 2.75) is 13.0 Å². The van der Waals surface area contributed by atoms with Gasteiger partial charge in [0.25, 0.3) is 11.8 Å². The maximum absolute atomic E-state index is 12.3. The summed E-state index contributed by atoms with van der Waals surface area (Å²) in [6.07, 6.45) is -0.714. The number of anilines is 1. The van der Waals surface area contributed by atoms with Gasteiger partial charge in [0.2, 0.25) is 0 Å². The monoisotopic (exact) mass is 356 g/mol. The van der Waals surface area contributed by atoms with E-state index in [4.69, 9.17) is 14.2 Å². The van der Waals surface area contributed by atoms with Crippen LogP contribution in [0.2, 0.25) is 0 Å². The van der Waals surface area contributed by atoms with Gasteiger partial charge in [-0.1, -0.05) is 0 Å². The SMILES string of the molecule is CNC(=O)c1ccc(O[C@H](C)C(=O)Nc2ccc3c(c2)OCCO3)cc1. The average molecular weight is 356 g/mol. The van der Waals surface area contributed by atoms with Crippen molar-refractivity contribution in [2.24, 2.45) is 0 Å². The van der Waals surface area contributed by atoms with Crippen molar-refractivity contribution in [1.82, 2.24) is 5.32 Å². The lowest BCUT2D eigenvalue weighted by molar-refractivity contribution is -0.122. The Morgan fingerprint density at radius 3 is 2.42 bits per heavy atom. The van der Waals surface area contributed by atoms with Crippen LogP contribution in [0.15, 0.2) is 42.5 Å². The molecule has 0 unspecified atom stereocenters. The molecule has 1 aliphatic rings. The summed E-state index contributed by atoms with van der Waals surface area (Å²) in [7, 11) is 1.57. The number of carbonyl (C=O) groups is 2. The van der Waals surface area contributed by atoms with Gasteiger partial charge in [0, 0.05) is 24.4 Å². The number of nitrogens with one attached hydrogen (secondary N) is 2. The zero-order valence-corrected chi connectivity index (χ0v) is 14.6. The molecule has 2 N–H and O–H groups in total. The second-order valence-electron chi connectivity index (χ2n) is 5.71. The van der Waals surface area contributed by atoms with Gasteiger partial charge in [0.05, 0.1) is 0 Å². The van der Waals surface area contributed by atoms with Gasteiger partial charge in [-0.2, -0.15) is 0 Å². The number of amides is 2. The summed E-state index contributed by atoms with van der Waals surface area (Å²) in [5.74, 6) is 1.29. The minimum absolute atomic E-state index is 0.180. The fourth-order valence-electron chi connectivity index (χ4n) is 2.45. The molecule has 3 rings (SSSR count). The van der Waals surface area contributed by atoms with Crippen LogP contribution in [0.4, 0.5) is 5.69 Å². The highest BCUT2D eigenvalue weighted by molar-refractivity contribution is 5.95. The lowest BCUT2D eigenvalue weighted by Crippen LogP contribution is -2.30. The third-order valence-corrected chi connectivity index (χ3v) is 3.84. The molecule has 136 valence electrons. The Hall–Kier alpha value is -3.22. The number of rotatable bonds is 5. The van der Waals surface area contributed by atoms with Gasteiger partial charge in [-0.15, -0.1) is 0 Å². The van der Waals surface area contributed by atoms with E-state index in [1.54, 1.807) is 56.4 Å². The van der Waals surface area contributed by atoms with Crippen LogP contribution in [0, 0.1) is 0 Å². The molecule has 2 amide bonds. The van der Waals surface area contributed by atoms with Crippen LogP contribution >= 0.6 is 0 Å². The highest BCUT2D eigenvalue weighted by Crippen LogP contribution is 2.32. The maximum atomic E-state index is 12.3. The molecule has 0 fully saturated rings. The largest absolute Gasteiger partial charge is 0.486 e. The molecule has 0 spiro atoms. The lowest BCUT2D eigenvalue weighted by atomic mass is 10.2. The molecule has 26 heavy (non-hydrogen) atoms. The topological polar surface area (TPSA) is 85.9 Å². The Morgan fingerprint density at radius 2 is 1.73 bits per heavy atom. The molecule has 0 bridgehead atoms. The van der Waals surface area contributed by atoms with Gasteiger partial charge in [-0.05, 0) is 43.3 Å². The molecule has 2 aromatic carbocycles. The fraction of sp³-hybridized carbons (Fsp3) is 0.263. The first-order valence-electron chi connectivity index (χ1n) is 8.26. The molecule has 7 heteroatoms. The fourth-order valence-corrected chi connectivity index (χ4v) is 2.45. The Labute approximate surface area is 151 Å². The van der Waals surface area contributed by atoms with Gasteiger partial charge in [0.15, 0.2) is 17.6 Å². The Bertz CT molecular complexity index is 804. The Balaban J connectivity index is 1.60. The Morgan fingerprint density at radius 1 is 1.04 bits per heavy atom. The summed E-state index contributed by atoms with van der Waals surface area (Å²) >= 11 is 0. The van der Waals surface area contributed by atoms with Crippen molar-refractivity contribution in [3.8, 4) is 17.2 Å². The van der Waals surface area contributed by atoms with E-state index in [-0.39, 0.29) is 11.8 Å². The van der Waals surface area contributed by atoms with E-state index in [1.807, 2.05) is 0 Å². The summed E-state index contributed by atoms with van der Waals surface area (Å²) in [5.41, 5.74) is 1.12. The molecule has 1 atom stereocenters. The van der Waals surface area contributed by atoms with Crippen LogP contribution < -0.4 is 24.8 Å². The molecule has 7 nitrogen and oxygen atoms in total. The van der Waals surface area contributed by atoms with Crippen LogP contribution in [0.5, 0.6) is 17.2 Å². The van der Waals surface area contributed by atoms with E-state index < -0.39 is 6.10 Å². The third-order valence-electron chi connectivity index (χ3n) is 3.84. The number of carbonyl (C=O) groups excluding carboxylic acids is 2. The number of ether oxygens (including phenoxy) is 3. The van der Waals surface area contributed by atoms with Crippen LogP contribution in [-0.2, 0) is 4.79 Å². The first kappa shape index (κ1) is 17.6. The number of hydrogen-bond donors (Lipinski definition) is 2. The van der Waals surface area contributed by atoms with Gasteiger partial charge in [-0.25, -0.2) is 0 Å². The molecule has 0 radical (unpaired) electrons. The van der Waals surface area contributed by atoms with Gasteiger partial charge >= 0.3 is 0 Å². The summed E-state index contributed by atoms with van der Waals surface area (Å²) in [4.78, 5) is 23.9. The van der Waals surface area contributed by atoms with E-state index in [9.17, 15) is 9.59 Å². The number of benzene rings is 2. The Kier molecular flexibility index (Phi) is 5.26. The van der Waals surface area contributed by atoms with Crippen LogP contribution in [0.3, 0.4) is 0 Å². The molecule has 0 saturated carbocycles. The molecule has 1 heterocycles. The normalized spacial score (nSPS) is 13.5. The number of hydrogen-bond acceptors (Lipinski definition) is 5. The second kappa shape index (κ2) is 7.77. The first-order chi connectivity index (χ1) is 12.6. The van der Waals surface area contributed by atoms with E-state index >= 15 is 0 Å². The minimum atomic E-state index is -0.714. The summed E-state index contributed by atoms with van der Waals surface area (Å²) in [6.45, 7) is 2.65. The molecular formula is C19H20N2O5. The van der Waals surface area contributed by atoms with Crippen molar-refractivity contribution in [1.29, 1.82) is 0 Å². The highest BCUT2D eigenvalue weighted by Gasteiger charge is 2.17. The molecule has 0 aromatic heterocycles. The van der Waals surface area contributed by atoms with Crippen LogP contribution in [0.25, 0.3) is 0 Å². The quantitative estimate of drug-likeness (QED) is 0.858. The highest BCUT2D eigenvalue weighted by atomic mass is 16.6. The van der Waals surface area contributed by atoms with E-state index in [0.717, 1.165) is 0 Å². The van der Waals surface area contributed by atoms with Gasteiger partial charge < -0.3 is 24.8 Å². The van der Waals surface area contributed by atoms with Crippen molar-refractivity contribution >= 4 is 17.5 Å². The predicted octanol–water partition coefficient (Wildman–Crippen LogP) is 2.22. The van der Waals surface area contributed by atoms with E-state index in [0.29, 0.717) is 41.7 Å². The first-order valence-corrected chi connectivity index (χ1v) is 8.26. The zero-order chi connectivity index (χ0) is 18.5. The number of fused-ring (bicyclic) bond motifs is 1. The van der Waals surface area contributed by atoms with E-state index in [2.05, 4.69) is 10.6 Å². The molecule has 2 aromatic rings. The minimum Gasteiger partial charge on any atom is -0.486 e. The average Bonchev–Trinajstić information content (AvgIpc) is 2.67. The summed E-state index contributed by atoms with van der Waals surface area (Å²) in [5, 5.41) is 5.33. The summed E-state index contributed by atoms with van der Waals surface area (Å²) < 4.78 is 16.6. The van der Waals surface area contributed by atoms with Crippen molar-refractivity contribution in [3.05, 3.63) is 48.0 Å².